The van der Waals surface area contributed by atoms with E-state index >= 15 is 0 Å². The minimum atomic E-state index is 0.164. The summed E-state index contributed by atoms with van der Waals surface area (Å²) in [4.78, 5) is 0. The Morgan fingerprint density at radius 3 is 2.84 bits per heavy atom. The number of hydrazine groups is 1. The van der Waals surface area contributed by atoms with Crippen molar-refractivity contribution in [3.63, 3.8) is 0 Å². The van der Waals surface area contributed by atoms with Crippen molar-refractivity contribution in [3.8, 4) is 5.75 Å². The maximum absolute atomic E-state index is 5.90. The fourth-order valence-corrected chi connectivity index (χ4v) is 3.19. The van der Waals surface area contributed by atoms with Crippen molar-refractivity contribution in [2.45, 2.75) is 31.7 Å². The van der Waals surface area contributed by atoms with Crippen LogP contribution in [0.2, 0.25) is 0 Å². The van der Waals surface area contributed by atoms with Crippen LogP contribution < -0.4 is 16.0 Å². The van der Waals surface area contributed by atoms with Gasteiger partial charge >= 0.3 is 0 Å². The fourth-order valence-electron chi connectivity index (χ4n) is 3.19. The molecular formula is C15H22N2O2. The number of rotatable bonds is 3. The highest BCUT2D eigenvalue weighted by molar-refractivity contribution is 5.44. The van der Waals surface area contributed by atoms with Gasteiger partial charge in [-0.2, -0.15) is 0 Å². The number of para-hydroxylation sites is 1. The van der Waals surface area contributed by atoms with E-state index in [1.54, 1.807) is 0 Å². The smallest absolute Gasteiger partial charge is 0.127 e. The van der Waals surface area contributed by atoms with Gasteiger partial charge < -0.3 is 9.47 Å². The molecule has 1 atom stereocenters. The molecule has 1 saturated heterocycles. The van der Waals surface area contributed by atoms with E-state index in [9.17, 15) is 0 Å². The molecule has 3 rings (SSSR count). The molecule has 0 amide bonds. The third-order valence-electron chi connectivity index (χ3n) is 4.22. The van der Waals surface area contributed by atoms with Crippen molar-refractivity contribution < 1.29 is 9.47 Å². The molecule has 1 fully saturated rings. The molecule has 1 aromatic rings. The average molecular weight is 262 g/mol. The number of benzene rings is 1. The highest BCUT2D eigenvalue weighted by Gasteiger charge is 2.28. The molecule has 0 radical (unpaired) electrons. The van der Waals surface area contributed by atoms with Gasteiger partial charge in [0.05, 0.1) is 12.6 Å². The van der Waals surface area contributed by atoms with Gasteiger partial charge in [0.2, 0.25) is 0 Å². The summed E-state index contributed by atoms with van der Waals surface area (Å²) >= 11 is 0. The lowest BCUT2D eigenvalue weighted by Gasteiger charge is -2.32. The Hall–Kier alpha value is -1.10. The van der Waals surface area contributed by atoms with Gasteiger partial charge in [0.1, 0.15) is 5.75 Å². The molecule has 2 heterocycles. The second-order valence-corrected chi connectivity index (χ2v) is 5.38. The number of aryl methyl sites for hydroxylation is 1. The summed E-state index contributed by atoms with van der Waals surface area (Å²) in [5.74, 6) is 7.40. The molecule has 0 aliphatic carbocycles. The quantitative estimate of drug-likeness (QED) is 0.645. The maximum atomic E-state index is 5.90. The average Bonchev–Trinajstić information content (AvgIpc) is 2.49. The number of hydrogen-bond donors (Lipinski definition) is 2. The van der Waals surface area contributed by atoms with Gasteiger partial charge in [-0.25, -0.2) is 0 Å². The predicted octanol–water partition coefficient (Wildman–Crippen LogP) is 1.94. The molecule has 19 heavy (non-hydrogen) atoms. The standard InChI is InChI=1S/C15H22N2O2/c16-17-14(11-6-9-18-10-7-11)13-5-1-3-12-4-2-8-19-15(12)13/h1,3,5,11,14,17H,2,4,6-10,16H2. The van der Waals surface area contributed by atoms with Gasteiger partial charge in [-0.1, -0.05) is 18.2 Å². The summed E-state index contributed by atoms with van der Waals surface area (Å²) in [7, 11) is 0. The minimum absolute atomic E-state index is 0.164. The molecule has 1 aromatic carbocycles. The molecule has 1 unspecified atom stereocenters. The highest BCUT2D eigenvalue weighted by atomic mass is 16.5. The van der Waals surface area contributed by atoms with Crippen LogP contribution in [-0.4, -0.2) is 19.8 Å². The summed E-state index contributed by atoms with van der Waals surface area (Å²) in [6, 6.07) is 6.59. The minimum Gasteiger partial charge on any atom is -0.493 e. The van der Waals surface area contributed by atoms with Crippen molar-refractivity contribution in [1.29, 1.82) is 0 Å². The van der Waals surface area contributed by atoms with Crippen LogP contribution >= 0.6 is 0 Å². The Morgan fingerprint density at radius 1 is 1.21 bits per heavy atom. The number of fused-ring (bicyclic) bond motifs is 1. The van der Waals surface area contributed by atoms with Crippen LogP contribution in [0.15, 0.2) is 18.2 Å². The largest absolute Gasteiger partial charge is 0.493 e. The van der Waals surface area contributed by atoms with E-state index in [0.717, 1.165) is 51.3 Å². The summed E-state index contributed by atoms with van der Waals surface area (Å²) in [5, 5.41) is 0. The van der Waals surface area contributed by atoms with E-state index in [-0.39, 0.29) is 6.04 Å². The first kappa shape index (κ1) is 12.9. The first-order chi connectivity index (χ1) is 9.40. The van der Waals surface area contributed by atoms with E-state index in [0.29, 0.717) is 5.92 Å². The van der Waals surface area contributed by atoms with Crippen LogP contribution in [0.4, 0.5) is 0 Å². The highest BCUT2D eigenvalue weighted by Crippen LogP contribution is 2.38. The monoisotopic (exact) mass is 262 g/mol. The van der Waals surface area contributed by atoms with Crippen LogP contribution in [0.3, 0.4) is 0 Å². The SMILES string of the molecule is NNC(c1cccc2c1OCCC2)C1CCOCC1. The van der Waals surface area contributed by atoms with Crippen molar-refractivity contribution in [3.05, 3.63) is 29.3 Å². The third kappa shape index (κ3) is 2.61. The van der Waals surface area contributed by atoms with Crippen molar-refractivity contribution in [2.24, 2.45) is 11.8 Å². The molecule has 2 aliphatic heterocycles. The zero-order valence-electron chi connectivity index (χ0n) is 11.2. The predicted molar refractivity (Wildman–Crippen MR) is 73.9 cm³/mol. The van der Waals surface area contributed by atoms with Crippen LogP contribution in [0.1, 0.15) is 36.4 Å². The van der Waals surface area contributed by atoms with E-state index < -0.39 is 0 Å². The van der Waals surface area contributed by atoms with Gasteiger partial charge in [-0.3, -0.25) is 11.3 Å². The Balaban J connectivity index is 1.90. The summed E-state index contributed by atoms with van der Waals surface area (Å²) in [6.07, 6.45) is 4.32. The van der Waals surface area contributed by atoms with Gasteiger partial charge in [0.15, 0.2) is 0 Å². The summed E-state index contributed by atoms with van der Waals surface area (Å²) in [6.45, 7) is 2.48. The number of ether oxygens (including phenoxy) is 2. The van der Waals surface area contributed by atoms with Crippen LogP contribution in [0.5, 0.6) is 5.75 Å². The fraction of sp³-hybridized carbons (Fsp3) is 0.600. The maximum Gasteiger partial charge on any atom is 0.127 e. The van der Waals surface area contributed by atoms with Crippen molar-refractivity contribution in [2.75, 3.05) is 19.8 Å². The van der Waals surface area contributed by atoms with E-state index in [4.69, 9.17) is 15.3 Å². The second-order valence-electron chi connectivity index (χ2n) is 5.38. The first-order valence-electron chi connectivity index (χ1n) is 7.18. The molecule has 2 aliphatic rings. The normalized spacial score (nSPS) is 21.5. The van der Waals surface area contributed by atoms with E-state index in [2.05, 4.69) is 23.6 Å². The second kappa shape index (κ2) is 5.90. The molecular weight excluding hydrogens is 240 g/mol. The molecule has 3 N–H and O–H groups in total. The Bertz CT molecular complexity index is 430. The number of nitrogens with two attached hydrogens (primary N) is 1. The first-order valence-corrected chi connectivity index (χ1v) is 7.18. The van der Waals surface area contributed by atoms with Crippen molar-refractivity contribution in [1.82, 2.24) is 5.43 Å². The number of hydrogen-bond acceptors (Lipinski definition) is 4. The van der Waals surface area contributed by atoms with Gasteiger partial charge in [-0.05, 0) is 37.2 Å². The van der Waals surface area contributed by atoms with Gasteiger partial charge in [0.25, 0.3) is 0 Å². The van der Waals surface area contributed by atoms with Crippen molar-refractivity contribution >= 4 is 0 Å². The van der Waals surface area contributed by atoms with E-state index in [1.807, 2.05) is 0 Å². The molecule has 4 heteroatoms. The zero-order chi connectivity index (χ0) is 13.1. The third-order valence-corrected chi connectivity index (χ3v) is 4.22. The topological polar surface area (TPSA) is 56.5 Å². The van der Waals surface area contributed by atoms with Gasteiger partial charge in [0, 0.05) is 18.8 Å². The lowest BCUT2D eigenvalue weighted by molar-refractivity contribution is 0.0531. The van der Waals surface area contributed by atoms with Crippen LogP contribution in [0, 0.1) is 5.92 Å². The summed E-state index contributed by atoms with van der Waals surface area (Å²) < 4.78 is 11.3. The van der Waals surface area contributed by atoms with Crippen LogP contribution in [0.25, 0.3) is 0 Å². The van der Waals surface area contributed by atoms with Crippen LogP contribution in [-0.2, 0) is 11.2 Å². The molecule has 0 aromatic heterocycles. The van der Waals surface area contributed by atoms with Gasteiger partial charge in [-0.15, -0.1) is 0 Å². The zero-order valence-corrected chi connectivity index (χ0v) is 11.2. The Labute approximate surface area is 114 Å². The molecule has 104 valence electrons. The lowest BCUT2D eigenvalue weighted by Crippen LogP contribution is -2.36. The molecule has 4 nitrogen and oxygen atoms in total. The molecule has 0 spiro atoms. The summed E-state index contributed by atoms with van der Waals surface area (Å²) in [5.41, 5.74) is 5.53. The molecule has 0 saturated carbocycles. The lowest BCUT2D eigenvalue weighted by atomic mass is 9.85. The number of nitrogens with one attached hydrogen (secondary N) is 1. The van der Waals surface area contributed by atoms with E-state index in [1.165, 1.54) is 11.1 Å². The Kier molecular flexibility index (Phi) is 4.01. The Morgan fingerprint density at radius 2 is 2.05 bits per heavy atom. The molecule has 0 bridgehead atoms.